The number of rotatable bonds is 3. The number of methoxy groups -OCH3 is 1. The predicted molar refractivity (Wildman–Crippen MR) is 91.2 cm³/mol. The molecule has 0 amide bonds. The molecule has 0 radical (unpaired) electrons. The number of halogens is 2. The maximum Gasteiger partial charge on any atom is 0.272 e. The van der Waals surface area contributed by atoms with E-state index >= 15 is 0 Å². The van der Waals surface area contributed by atoms with Crippen LogP contribution in [0.2, 0.25) is 10.0 Å². The number of aromatic nitrogens is 1. The number of aryl methyl sites for hydroxylation is 1. The van der Waals surface area contributed by atoms with E-state index in [1.165, 1.54) is 12.1 Å². The number of ether oxygens (including phenoxy) is 1. The molecule has 7 heteroatoms. The smallest absolute Gasteiger partial charge is 0.272 e. The highest BCUT2D eigenvalue weighted by Crippen LogP contribution is 2.37. The van der Waals surface area contributed by atoms with Crippen LogP contribution in [0, 0.1) is 17.0 Å². The molecule has 0 aliphatic heterocycles. The third-order valence-electron chi connectivity index (χ3n) is 3.66. The molecule has 0 saturated carbocycles. The minimum Gasteiger partial charge on any atom is -0.497 e. The van der Waals surface area contributed by atoms with Crippen LogP contribution in [0.1, 0.15) is 5.56 Å². The Labute approximate surface area is 142 Å². The van der Waals surface area contributed by atoms with Crippen LogP contribution < -0.4 is 4.74 Å². The summed E-state index contributed by atoms with van der Waals surface area (Å²) in [5, 5.41) is 12.3. The van der Waals surface area contributed by atoms with Crippen molar-refractivity contribution in [1.29, 1.82) is 0 Å². The maximum atomic E-state index is 10.9. The summed E-state index contributed by atoms with van der Waals surface area (Å²) in [5.41, 5.74) is 2.28. The highest BCUT2D eigenvalue weighted by atomic mass is 35.5. The van der Waals surface area contributed by atoms with E-state index < -0.39 is 4.92 Å². The first-order chi connectivity index (χ1) is 10.9. The van der Waals surface area contributed by atoms with Gasteiger partial charge >= 0.3 is 0 Å². The van der Waals surface area contributed by atoms with Gasteiger partial charge in [0.2, 0.25) is 0 Å². The Morgan fingerprint density at radius 1 is 1.17 bits per heavy atom. The van der Waals surface area contributed by atoms with Gasteiger partial charge in [-0.3, -0.25) is 10.1 Å². The lowest BCUT2D eigenvalue weighted by Gasteiger charge is -2.10. The molecule has 1 aromatic heterocycles. The van der Waals surface area contributed by atoms with Crippen LogP contribution in [0.4, 0.5) is 5.69 Å². The average molecular weight is 351 g/mol. The zero-order chi connectivity index (χ0) is 16.7. The van der Waals surface area contributed by atoms with E-state index in [9.17, 15) is 10.1 Å². The van der Waals surface area contributed by atoms with Crippen LogP contribution in [-0.4, -0.2) is 16.6 Å². The molecule has 3 aromatic rings. The number of benzene rings is 2. The molecular weight excluding hydrogens is 339 g/mol. The number of nitro benzene ring substituents is 1. The summed E-state index contributed by atoms with van der Waals surface area (Å²) in [6.45, 7) is 1.96. The predicted octanol–water partition coefficient (Wildman–Crippen LogP) is 5.16. The number of hydrogen-bond donors (Lipinski definition) is 0. The van der Waals surface area contributed by atoms with Crippen LogP contribution >= 0.6 is 23.2 Å². The molecule has 3 rings (SSSR count). The average Bonchev–Trinajstić information content (AvgIpc) is 2.83. The molecule has 0 fully saturated rings. The maximum absolute atomic E-state index is 10.9. The van der Waals surface area contributed by atoms with E-state index in [2.05, 4.69) is 0 Å². The third-order valence-corrected chi connectivity index (χ3v) is 4.24. The SMILES string of the molecule is COc1ccc2c(c1)c(C)cn2-c1c(Cl)cc([N+](=O)[O-])cc1Cl. The normalized spacial score (nSPS) is 11.0. The van der Waals surface area contributed by atoms with Gasteiger partial charge in [0.15, 0.2) is 0 Å². The van der Waals surface area contributed by atoms with Crippen LogP contribution in [0.3, 0.4) is 0 Å². The van der Waals surface area contributed by atoms with Gasteiger partial charge in [-0.15, -0.1) is 0 Å². The van der Waals surface area contributed by atoms with Crippen molar-refractivity contribution < 1.29 is 9.66 Å². The Kier molecular flexibility index (Phi) is 3.92. The summed E-state index contributed by atoms with van der Waals surface area (Å²) in [5.74, 6) is 0.749. The summed E-state index contributed by atoms with van der Waals surface area (Å²) in [6.07, 6.45) is 1.89. The van der Waals surface area contributed by atoms with Crippen molar-refractivity contribution in [3.05, 3.63) is 62.3 Å². The lowest BCUT2D eigenvalue weighted by Crippen LogP contribution is -1.97. The molecule has 0 N–H and O–H groups in total. The van der Waals surface area contributed by atoms with Crippen molar-refractivity contribution in [1.82, 2.24) is 4.57 Å². The largest absolute Gasteiger partial charge is 0.497 e. The van der Waals surface area contributed by atoms with E-state index in [0.717, 1.165) is 22.2 Å². The molecule has 0 bridgehead atoms. The van der Waals surface area contributed by atoms with Gasteiger partial charge in [-0.05, 0) is 30.7 Å². The van der Waals surface area contributed by atoms with Crippen LogP contribution in [0.25, 0.3) is 16.6 Å². The van der Waals surface area contributed by atoms with Crippen LogP contribution in [0.15, 0.2) is 36.5 Å². The number of non-ortho nitro benzene ring substituents is 1. The lowest BCUT2D eigenvalue weighted by molar-refractivity contribution is -0.384. The number of hydrogen-bond acceptors (Lipinski definition) is 3. The fourth-order valence-corrected chi connectivity index (χ4v) is 3.23. The molecule has 2 aromatic carbocycles. The van der Waals surface area contributed by atoms with E-state index in [4.69, 9.17) is 27.9 Å². The van der Waals surface area contributed by atoms with Gasteiger partial charge < -0.3 is 9.30 Å². The van der Waals surface area contributed by atoms with E-state index in [1.807, 2.05) is 35.9 Å². The standard InChI is InChI=1S/C16H12Cl2N2O3/c1-9-8-19(15-4-3-11(23-2)7-12(9)15)16-13(17)5-10(20(21)22)6-14(16)18/h3-8H,1-2H3. The van der Waals surface area contributed by atoms with Gasteiger partial charge in [0.05, 0.1) is 33.3 Å². The van der Waals surface area contributed by atoms with Crippen molar-refractivity contribution in [2.24, 2.45) is 0 Å². The topological polar surface area (TPSA) is 57.3 Å². The second kappa shape index (κ2) is 5.76. The first kappa shape index (κ1) is 15.6. The minimum absolute atomic E-state index is 0.140. The highest BCUT2D eigenvalue weighted by Gasteiger charge is 2.18. The van der Waals surface area contributed by atoms with Gasteiger partial charge in [-0.25, -0.2) is 0 Å². The van der Waals surface area contributed by atoms with Gasteiger partial charge in [-0.1, -0.05) is 23.2 Å². The molecule has 0 aliphatic rings. The van der Waals surface area contributed by atoms with Crippen molar-refractivity contribution >= 4 is 39.8 Å². The zero-order valence-corrected chi connectivity index (χ0v) is 13.9. The van der Waals surface area contributed by atoms with E-state index in [0.29, 0.717) is 5.69 Å². The van der Waals surface area contributed by atoms with E-state index in [1.54, 1.807) is 7.11 Å². The Balaban J connectivity index is 2.27. The molecule has 118 valence electrons. The molecule has 0 unspecified atom stereocenters. The first-order valence-electron chi connectivity index (χ1n) is 6.72. The van der Waals surface area contributed by atoms with Crippen LogP contribution in [0.5, 0.6) is 5.75 Å². The summed E-state index contributed by atoms with van der Waals surface area (Å²) in [6, 6.07) is 8.26. The molecule has 0 aliphatic carbocycles. The first-order valence-corrected chi connectivity index (χ1v) is 7.47. The number of nitro groups is 1. The Morgan fingerprint density at radius 2 is 1.83 bits per heavy atom. The summed E-state index contributed by atoms with van der Waals surface area (Å²) >= 11 is 12.5. The van der Waals surface area contributed by atoms with Gasteiger partial charge in [0.1, 0.15) is 5.75 Å². The Bertz CT molecular complexity index is 911. The van der Waals surface area contributed by atoms with Gasteiger partial charge in [0, 0.05) is 23.7 Å². The van der Waals surface area contributed by atoms with Crippen molar-refractivity contribution in [3.63, 3.8) is 0 Å². The minimum atomic E-state index is -0.522. The Morgan fingerprint density at radius 3 is 2.39 bits per heavy atom. The number of nitrogens with zero attached hydrogens (tertiary/aromatic N) is 2. The molecule has 1 heterocycles. The van der Waals surface area contributed by atoms with Gasteiger partial charge in [0.25, 0.3) is 5.69 Å². The van der Waals surface area contributed by atoms with E-state index in [-0.39, 0.29) is 15.7 Å². The fourth-order valence-electron chi connectivity index (χ4n) is 2.57. The fraction of sp³-hybridized carbons (Fsp3) is 0.125. The van der Waals surface area contributed by atoms with Crippen LogP contribution in [-0.2, 0) is 0 Å². The summed E-state index contributed by atoms with van der Waals surface area (Å²) in [7, 11) is 1.61. The van der Waals surface area contributed by atoms with Crippen molar-refractivity contribution in [3.8, 4) is 11.4 Å². The zero-order valence-electron chi connectivity index (χ0n) is 12.3. The third kappa shape index (κ3) is 2.62. The monoisotopic (exact) mass is 350 g/mol. The summed E-state index contributed by atoms with van der Waals surface area (Å²) < 4.78 is 7.08. The summed E-state index contributed by atoms with van der Waals surface area (Å²) in [4.78, 5) is 10.4. The quantitative estimate of drug-likeness (QED) is 0.484. The molecule has 0 atom stereocenters. The lowest BCUT2D eigenvalue weighted by atomic mass is 10.2. The molecular formula is C16H12Cl2N2O3. The second-order valence-corrected chi connectivity index (χ2v) is 5.89. The highest BCUT2D eigenvalue weighted by molar-refractivity contribution is 6.38. The molecule has 0 spiro atoms. The van der Waals surface area contributed by atoms with Gasteiger partial charge in [-0.2, -0.15) is 0 Å². The molecule has 0 saturated heterocycles. The van der Waals surface area contributed by atoms with Crippen molar-refractivity contribution in [2.45, 2.75) is 6.92 Å². The molecule has 23 heavy (non-hydrogen) atoms. The second-order valence-electron chi connectivity index (χ2n) is 5.08. The van der Waals surface area contributed by atoms with Crippen molar-refractivity contribution in [2.75, 3.05) is 7.11 Å². The Hall–Kier alpha value is -2.24. The molecule has 5 nitrogen and oxygen atoms in total. The number of fused-ring (bicyclic) bond motifs is 1.